The lowest BCUT2D eigenvalue weighted by Gasteiger charge is -2.17. The summed E-state index contributed by atoms with van der Waals surface area (Å²) in [6, 6.07) is 8.39. The molecule has 0 aliphatic heterocycles. The van der Waals surface area contributed by atoms with Crippen molar-refractivity contribution >= 4 is 33.2 Å². The largest absolute Gasteiger partial charge is 0.381 e. The Morgan fingerprint density at radius 1 is 1.44 bits per heavy atom. The van der Waals surface area contributed by atoms with E-state index in [9.17, 15) is 0 Å². The summed E-state index contributed by atoms with van der Waals surface area (Å²) < 4.78 is 0.880. The maximum atomic E-state index is 8.99. The minimum atomic E-state index is 0.134. The van der Waals surface area contributed by atoms with Crippen molar-refractivity contribution in [2.75, 3.05) is 5.32 Å². The van der Waals surface area contributed by atoms with Gasteiger partial charge in [-0.2, -0.15) is 5.26 Å². The van der Waals surface area contributed by atoms with E-state index in [1.165, 1.54) is 0 Å². The zero-order valence-electron chi connectivity index (χ0n) is 8.71. The lowest BCUT2D eigenvalue weighted by molar-refractivity contribution is 0.630. The Balaban J connectivity index is 2.09. The number of nitriles is 1. The second kappa shape index (κ2) is 5.07. The molecule has 0 amide bonds. The van der Waals surface area contributed by atoms with Crippen LogP contribution >= 0.6 is 27.5 Å². The number of rotatable bonds is 2. The minimum Gasteiger partial charge on any atom is -0.381 e. The standard InChI is InChI=1S/C12H12BrClN2/c13-10-6-9(4-5-11(10)14)16-12-3-1-2-8(12)7-15/h4-6,8,12,16H,1-3H2. The quantitative estimate of drug-likeness (QED) is 0.888. The molecular formula is C12H12BrClN2. The molecule has 2 atom stereocenters. The van der Waals surface area contributed by atoms with E-state index >= 15 is 0 Å². The number of halogens is 2. The van der Waals surface area contributed by atoms with E-state index in [-0.39, 0.29) is 12.0 Å². The molecule has 0 saturated heterocycles. The first-order chi connectivity index (χ1) is 7.70. The van der Waals surface area contributed by atoms with E-state index in [2.05, 4.69) is 27.3 Å². The first-order valence-corrected chi connectivity index (χ1v) is 6.49. The number of nitrogens with zero attached hydrogens (tertiary/aromatic N) is 1. The molecule has 1 N–H and O–H groups in total. The molecule has 1 aromatic carbocycles. The normalized spacial score (nSPS) is 24.1. The monoisotopic (exact) mass is 298 g/mol. The highest BCUT2D eigenvalue weighted by molar-refractivity contribution is 9.10. The van der Waals surface area contributed by atoms with Crippen molar-refractivity contribution < 1.29 is 0 Å². The molecule has 1 aromatic rings. The lowest BCUT2D eigenvalue weighted by atomic mass is 10.1. The molecule has 1 aliphatic rings. The van der Waals surface area contributed by atoms with Crippen LogP contribution < -0.4 is 5.32 Å². The van der Waals surface area contributed by atoms with Crippen LogP contribution in [0.3, 0.4) is 0 Å². The van der Waals surface area contributed by atoms with Crippen LogP contribution in [0.5, 0.6) is 0 Å². The maximum absolute atomic E-state index is 8.99. The van der Waals surface area contributed by atoms with Gasteiger partial charge < -0.3 is 5.32 Å². The summed E-state index contributed by atoms with van der Waals surface area (Å²) in [6.07, 6.45) is 3.20. The molecule has 1 fully saturated rings. The third-order valence-corrected chi connectivity index (χ3v) is 4.17. The Morgan fingerprint density at radius 3 is 2.94 bits per heavy atom. The second-order valence-corrected chi connectivity index (χ2v) is 5.31. The van der Waals surface area contributed by atoms with Gasteiger partial charge in [0.05, 0.1) is 17.0 Å². The van der Waals surface area contributed by atoms with Gasteiger partial charge in [-0.3, -0.25) is 0 Å². The van der Waals surface area contributed by atoms with E-state index in [0.717, 1.165) is 29.4 Å². The highest BCUT2D eigenvalue weighted by Crippen LogP contribution is 2.30. The van der Waals surface area contributed by atoms with Crippen LogP contribution in [-0.2, 0) is 0 Å². The second-order valence-electron chi connectivity index (χ2n) is 4.05. The van der Waals surface area contributed by atoms with Gasteiger partial charge in [-0.1, -0.05) is 11.6 Å². The van der Waals surface area contributed by atoms with Gasteiger partial charge in [-0.15, -0.1) is 0 Å². The third kappa shape index (κ3) is 2.50. The summed E-state index contributed by atoms with van der Waals surface area (Å²) in [5.41, 5.74) is 1.02. The Labute approximate surface area is 109 Å². The van der Waals surface area contributed by atoms with Crippen molar-refractivity contribution in [2.45, 2.75) is 25.3 Å². The summed E-state index contributed by atoms with van der Waals surface area (Å²) in [4.78, 5) is 0. The average molecular weight is 300 g/mol. The number of nitrogens with one attached hydrogen (secondary N) is 1. The first kappa shape index (κ1) is 11.8. The van der Waals surface area contributed by atoms with Gasteiger partial charge in [0.1, 0.15) is 0 Å². The topological polar surface area (TPSA) is 35.8 Å². The van der Waals surface area contributed by atoms with Crippen molar-refractivity contribution in [3.63, 3.8) is 0 Å². The highest BCUT2D eigenvalue weighted by atomic mass is 79.9. The van der Waals surface area contributed by atoms with E-state index in [1.807, 2.05) is 18.2 Å². The van der Waals surface area contributed by atoms with Crippen LogP contribution in [0.1, 0.15) is 19.3 Å². The van der Waals surface area contributed by atoms with Gasteiger partial charge in [0.25, 0.3) is 0 Å². The molecule has 2 rings (SSSR count). The van der Waals surface area contributed by atoms with Gasteiger partial charge in [0.15, 0.2) is 0 Å². The number of benzene rings is 1. The number of hydrogen-bond acceptors (Lipinski definition) is 2. The van der Waals surface area contributed by atoms with Crippen LogP contribution in [0.25, 0.3) is 0 Å². The zero-order chi connectivity index (χ0) is 11.5. The fourth-order valence-electron chi connectivity index (χ4n) is 2.09. The van der Waals surface area contributed by atoms with E-state index in [0.29, 0.717) is 5.02 Å². The molecule has 2 unspecified atom stereocenters. The molecule has 0 spiro atoms. The Hall–Kier alpha value is -0.720. The Kier molecular flexibility index (Phi) is 3.73. The average Bonchev–Trinajstić information content (AvgIpc) is 2.71. The molecule has 0 heterocycles. The van der Waals surface area contributed by atoms with Crippen molar-refractivity contribution in [3.8, 4) is 6.07 Å². The van der Waals surface area contributed by atoms with Gasteiger partial charge in [-0.25, -0.2) is 0 Å². The predicted molar refractivity (Wildman–Crippen MR) is 69.5 cm³/mol. The summed E-state index contributed by atoms with van der Waals surface area (Å²) in [6.45, 7) is 0. The predicted octanol–water partition coefficient (Wildman–Crippen LogP) is 4.21. The Bertz CT molecular complexity index is 428. The highest BCUT2D eigenvalue weighted by Gasteiger charge is 2.26. The van der Waals surface area contributed by atoms with Crippen LogP contribution in [0.4, 0.5) is 5.69 Å². The van der Waals surface area contributed by atoms with Crippen LogP contribution in [-0.4, -0.2) is 6.04 Å². The SMILES string of the molecule is N#CC1CCCC1Nc1ccc(Cl)c(Br)c1. The van der Waals surface area contributed by atoms with Crippen LogP contribution in [0, 0.1) is 17.2 Å². The van der Waals surface area contributed by atoms with Crippen LogP contribution in [0.2, 0.25) is 5.02 Å². The minimum absolute atomic E-state index is 0.134. The lowest BCUT2D eigenvalue weighted by Crippen LogP contribution is -2.22. The van der Waals surface area contributed by atoms with Gasteiger partial charge >= 0.3 is 0 Å². The number of anilines is 1. The van der Waals surface area contributed by atoms with Crippen LogP contribution in [0.15, 0.2) is 22.7 Å². The molecule has 16 heavy (non-hydrogen) atoms. The fraction of sp³-hybridized carbons (Fsp3) is 0.417. The summed E-state index contributed by atoms with van der Waals surface area (Å²) in [5, 5.41) is 13.1. The van der Waals surface area contributed by atoms with Crippen molar-refractivity contribution in [1.82, 2.24) is 0 Å². The molecular weight excluding hydrogens is 288 g/mol. The fourth-order valence-corrected chi connectivity index (χ4v) is 2.58. The van der Waals surface area contributed by atoms with Crippen molar-refractivity contribution in [2.24, 2.45) is 5.92 Å². The molecule has 1 saturated carbocycles. The maximum Gasteiger partial charge on any atom is 0.0677 e. The van der Waals surface area contributed by atoms with Gasteiger partial charge in [0, 0.05) is 16.2 Å². The third-order valence-electron chi connectivity index (χ3n) is 2.95. The van der Waals surface area contributed by atoms with E-state index < -0.39 is 0 Å². The molecule has 0 radical (unpaired) electrons. The summed E-state index contributed by atoms with van der Waals surface area (Å²) in [5.74, 6) is 0.134. The smallest absolute Gasteiger partial charge is 0.0677 e. The summed E-state index contributed by atoms with van der Waals surface area (Å²) in [7, 11) is 0. The van der Waals surface area contributed by atoms with E-state index in [1.54, 1.807) is 0 Å². The Morgan fingerprint density at radius 2 is 2.25 bits per heavy atom. The molecule has 0 bridgehead atoms. The molecule has 84 valence electrons. The first-order valence-electron chi connectivity index (χ1n) is 5.32. The van der Waals surface area contributed by atoms with Crippen molar-refractivity contribution in [1.29, 1.82) is 5.26 Å². The van der Waals surface area contributed by atoms with Crippen molar-refractivity contribution in [3.05, 3.63) is 27.7 Å². The molecule has 0 aromatic heterocycles. The molecule has 1 aliphatic carbocycles. The summed E-state index contributed by atoms with van der Waals surface area (Å²) >= 11 is 9.32. The molecule has 2 nitrogen and oxygen atoms in total. The van der Waals surface area contributed by atoms with Gasteiger partial charge in [-0.05, 0) is 53.4 Å². The number of hydrogen-bond donors (Lipinski definition) is 1. The zero-order valence-corrected chi connectivity index (χ0v) is 11.1. The molecule has 4 heteroatoms. The van der Waals surface area contributed by atoms with Gasteiger partial charge in [0.2, 0.25) is 0 Å². The van der Waals surface area contributed by atoms with E-state index in [4.69, 9.17) is 16.9 Å².